The van der Waals surface area contributed by atoms with Crippen LogP contribution in [0.4, 0.5) is 5.95 Å². The SMILES string of the molecule is O=C(CSc1nnc(N2CCCC2)n1-c1ccccc1Cl)NC1CCOc2ccccc21. The summed E-state index contributed by atoms with van der Waals surface area (Å²) in [5.41, 5.74) is 1.84. The van der Waals surface area contributed by atoms with Gasteiger partial charge in [-0.3, -0.25) is 9.36 Å². The normalized spacial score (nSPS) is 17.7. The summed E-state index contributed by atoms with van der Waals surface area (Å²) in [5, 5.41) is 13.3. The van der Waals surface area contributed by atoms with E-state index >= 15 is 0 Å². The highest BCUT2D eigenvalue weighted by molar-refractivity contribution is 7.99. The Morgan fingerprint density at radius 2 is 1.91 bits per heavy atom. The Kier molecular flexibility index (Phi) is 6.23. The maximum atomic E-state index is 12.8. The Balaban J connectivity index is 1.34. The van der Waals surface area contributed by atoms with Gasteiger partial charge in [-0.05, 0) is 31.0 Å². The van der Waals surface area contributed by atoms with E-state index in [0.29, 0.717) is 16.8 Å². The van der Waals surface area contributed by atoms with Gasteiger partial charge < -0.3 is 15.0 Å². The molecule has 1 unspecified atom stereocenters. The summed E-state index contributed by atoms with van der Waals surface area (Å²) in [6, 6.07) is 15.5. The molecule has 1 N–H and O–H groups in total. The molecule has 0 aliphatic carbocycles. The first-order valence-corrected chi connectivity index (χ1v) is 12.2. The van der Waals surface area contributed by atoms with E-state index in [0.717, 1.165) is 55.3 Å². The number of aromatic nitrogens is 3. The summed E-state index contributed by atoms with van der Waals surface area (Å²) in [6.45, 7) is 2.48. The molecule has 0 radical (unpaired) electrons. The van der Waals surface area contributed by atoms with E-state index in [9.17, 15) is 4.79 Å². The number of ether oxygens (including phenoxy) is 1. The van der Waals surface area contributed by atoms with Gasteiger partial charge in [0.1, 0.15) is 5.75 Å². The van der Waals surface area contributed by atoms with Gasteiger partial charge in [0.15, 0.2) is 5.16 Å². The standard InChI is InChI=1S/C23H24ClN5O2S/c24-17-8-2-3-9-19(17)29-22(28-12-5-6-13-28)26-27-23(29)32-15-21(30)25-18-11-14-31-20-10-4-1-7-16(18)20/h1-4,7-10,18H,5-6,11-15H2,(H,25,30). The number of benzene rings is 2. The molecule has 1 aromatic heterocycles. The van der Waals surface area contributed by atoms with Crippen LogP contribution in [-0.4, -0.2) is 46.1 Å². The van der Waals surface area contributed by atoms with Crippen molar-refractivity contribution in [1.29, 1.82) is 0 Å². The summed E-state index contributed by atoms with van der Waals surface area (Å²) in [4.78, 5) is 15.0. The Hall–Kier alpha value is -2.71. The lowest BCUT2D eigenvalue weighted by Crippen LogP contribution is -2.33. The number of para-hydroxylation sites is 2. The predicted octanol–water partition coefficient (Wildman–Crippen LogP) is 4.25. The average Bonchev–Trinajstić information content (AvgIpc) is 3.48. The number of hydrogen-bond acceptors (Lipinski definition) is 6. The van der Waals surface area contributed by atoms with Gasteiger partial charge in [0.25, 0.3) is 0 Å². The number of hydrogen-bond donors (Lipinski definition) is 1. The Morgan fingerprint density at radius 3 is 2.75 bits per heavy atom. The van der Waals surface area contributed by atoms with E-state index in [1.54, 1.807) is 0 Å². The number of amides is 1. The van der Waals surface area contributed by atoms with Crippen molar-refractivity contribution in [2.24, 2.45) is 0 Å². The second-order valence-electron chi connectivity index (χ2n) is 7.85. The van der Waals surface area contributed by atoms with Crippen molar-refractivity contribution in [2.45, 2.75) is 30.5 Å². The zero-order valence-corrected chi connectivity index (χ0v) is 19.1. The van der Waals surface area contributed by atoms with E-state index in [1.165, 1.54) is 11.8 Å². The quantitative estimate of drug-likeness (QED) is 0.544. The average molecular weight is 470 g/mol. The third-order valence-corrected chi connectivity index (χ3v) is 6.97. The maximum absolute atomic E-state index is 12.8. The van der Waals surface area contributed by atoms with Crippen molar-refractivity contribution >= 4 is 35.2 Å². The van der Waals surface area contributed by atoms with Gasteiger partial charge in [-0.15, -0.1) is 10.2 Å². The molecule has 1 saturated heterocycles. The zero-order chi connectivity index (χ0) is 21.9. The lowest BCUT2D eigenvalue weighted by atomic mass is 10.0. The number of anilines is 1. The molecule has 32 heavy (non-hydrogen) atoms. The number of carbonyl (C=O) groups excluding carboxylic acids is 1. The molecule has 0 spiro atoms. The summed E-state index contributed by atoms with van der Waals surface area (Å²) in [7, 11) is 0. The number of rotatable bonds is 6. The molecule has 3 aromatic rings. The molecule has 2 aliphatic rings. The molecule has 166 valence electrons. The summed E-state index contributed by atoms with van der Waals surface area (Å²) in [6.07, 6.45) is 3.02. The third-order valence-electron chi connectivity index (χ3n) is 5.72. The van der Waals surface area contributed by atoms with Crippen LogP contribution in [0.3, 0.4) is 0 Å². The van der Waals surface area contributed by atoms with Crippen LogP contribution >= 0.6 is 23.4 Å². The lowest BCUT2D eigenvalue weighted by Gasteiger charge is -2.26. The highest BCUT2D eigenvalue weighted by Crippen LogP contribution is 2.33. The first kappa shape index (κ1) is 21.2. The summed E-state index contributed by atoms with van der Waals surface area (Å²) >= 11 is 7.88. The largest absolute Gasteiger partial charge is 0.493 e. The minimum Gasteiger partial charge on any atom is -0.493 e. The molecule has 9 heteroatoms. The van der Waals surface area contributed by atoms with Crippen molar-refractivity contribution in [1.82, 2.24) is 20.1 Å². The van der Waals surface area contributed by atoms with Crippen molar-refractivity contribution in [2.75, 3.05) is 30.3 Å². The van der Waals surface area contributed by atoms with Crippen molar-refractivity contribution < 1.29 is 9.53 Å². The fourth-order valence-corrected chi connectivity index (χ4v) is 5.15. The van der Waals surface area contributed by atoms with E-state index in [-0.39, 0.29) is 17.7 Å². The van der Waals surface area contributed by atoms with E-state index in [2.05, 4.69) is 20.4 Å². The predicted molar refractivity (Wildman–Crippen MR) is 126 cm³/mol. The molecule has 1 atom stereocenters. The summed E-state index contributed by atoms with van der Waals surface area (Å²) < 4.78 is 7.66. The number of nitrogens with zero attached hydrogens (tertiary/aromatic N) is 4. The smallest absolute Gasteiger partial charge is 0.232 e. The molecule has 0 saturated carbocycles. The highest BCUT2D eigenvalue weighted by Gasteiger charge is 2.25. The van der Waals surface area contributed by atoms with Crippen LogP contribution in [0.2, 0.25) is 5.02 Å². The lowest BCUT2D eigenvalue weighted by molar-refractivity contribution is -0.119. The maximum Gasteiger partial charge on any atom is 0.232 e. The van der Waals surface area contributed by atoms with Crippen LogP contribution in [0.25, 0.3) is 5.69 Å². The molecule has 3 heterocycles. The number of thioether (sulfide) groups is 1. The number of halogens is 1. The number of carbonyl (C=O) groups is 1. The molecular formula is C23H24ClN5O2S. The molecule has 1 fully saturated rings. The van der Waals surface area contributed by atoms with Gasteiger partial charge in [-0.25, -0.2) is 0 Å². The Morgan fingerprint density at radius 1 is 1.12 bits per heavy atom. The van der Waals surface area contributed by atoms with Crippen LogP contribution in [0, 0.1) is 0 Å². The molecule has 5 rings (SSSR count). The fourth-order valence-electron chi connectivity index (χ4n) is 4.18. The molecule has 2 aromatic carbocycles. The number of nitrogens with one attached hydrogen (secondary N) is 1. The minimum atomic E-state index is -0.0480. The zero-order valence-electron chi connectivity index (χ0n) is 17.5. The topological polar surface area (TPSA) is 72.3 Å². The number of fused-ring (bicyclic) bond motifs is 1. The Bertz CT molecular complexity index is 1120. The van der Waals surface area contributed by atoms with Gasteiger partial charge >= 0.3 is 0 Å². The van der Waals surface area contributed by atoms with Gasteiger partial charge in [-0.1, -0.05) is 53.7 Å². The summed E-state index contributed by atoms with van der Waals surface area (Å²) in [5.74, 6) is 1.80. The van der Waals surface area contributed by atoms with Crippen LogP contribution in [0.15, 0.2) is 53.7 Å². The van der Waals surface area contributed by atoms with Crippen molar-refractivity contribution in [3.63, 3.8) is 0 Å². The van der Waals surface area contributed by atoms with E-state index in [1.807, 2.05) is 53.1 Å². The second-order valence-corrected chi connectivity index (χ2v) is 9.20. The molecule has 0 bridgehead atoms. The van der Waals surface area contributed by atoms with E-state index in [4.69, 9.17) is 16.3 Å². The monoisotopic (exact) mass is 469 g/mol. The molecule has 1 amide bonds. The first-order valence-electron chi connectivity index (χ1n) is 10.8. The van der Waals surface area contributed by atoms with Gasteiger partial charge in [0, 0.05) is 25.1 Å². The molecular weight excluding hydrogens is 446 g/mol. The van der Waals surface area contributed by atoms with Gasteiger partial charge in [0.2, 0.25) is 11.9 Å². The van der Waals surface area contributed by atoms with Crippen LogP contribution < -0.4 is 15.0 Å². The van der Waals surface area contributed by atoms with Crippen LogP contribution in [0.5, 0.6) is 5.75 Å². The Labute approximate surface area is 196 Å². The molecule has 7 nitrogen and oxygen atoms in total. The fraction of sp³-hybridized carbons (Fsp3) is 0.348. The van der Waals surface area contributed by atoms with Gasteiger partial charge in [0.05, 0.1) is 29.1 Å². The first-order chi connectivity index (χ1) is 15.7. The highest BCUT2D eigenvalue weighted by atomic mass is 35.5. The third kappa shape index (κ3) is 4.29. The van der Waals surface area contributed by atoms with Crippen LogP contribution in [-0.2, 0) is 4.79 Å². The van der Waals surface area contributed by atoms with Gasteiger partial charge in [-0.2, -0.15) is 0 Å². The van der Waals surface area contributed by atoms with E-state index < -0.39 is 0 Å². The second kappa shape index (κ2) is 9.42. The van der Waals surface area contributed by atoms with Crippen molar-refractivity contribution in [3.05, 3.63) is 59.1 Å². The van der Waals surface area contributed by atoms with Crippen molar-refractivity contribution in [3.8, 4) is 11.4 Å². The van der Waals surface area contributed by atoms with Crippen LogP contribution in [0.1, 0.15) is 30.9 Å². The minimum absolute atomic E-state index is 0.0466. The molecule has 2 aliphatic heterocycles.